The number of aryl methyl sites for hydroxylation is 3. The average molecular weight is 823 g/mol. The van der Waals surface area contributed by atoms with E-state index in [1.165, 1.54) is 48.2 Å². The summed E-state index contributed by atoms with van der Waals surface area (Å²) in [5.74, 6) is -0.926. The van der Waals surface area contributed by atoms with Crippen LogP contribution in [0, 0.1) is 0 Å². The minimum absolute atomic E-state index is 0. The molecule has 54 heavy (non-hydrogen) atoms. The summed E-state index contributed by atoms with van der Waals surface area (Å²) in [5, 5.41) is 6.15. The Morgan fingerprint density at radius 1 is 0.704 bits per heavy atom. The zero-order chi connectivity index (χ0) is 42.2. The van der Waals surface area contributed by atoms with Gasteiger partial charge in [0.25, 0.3) is 0 Å². The lowest BCUT2D eigenvalue weighted by atomic mass is 10.2. The van der Waals surface area contributed by atoms with E-state index in [0.717, 1.165) is 21.1 Å². The van der Waals surface area contributed by atoms with Gasteiger partial charge in [-0.1, -0.05) is 63.3 Å². The largest absolute Gasteiger partial charge is 0.464 e. The lowest BCUT2D eigenvalue weighted by Crippen LogP contribution is -2.27. The predicted molar refractivity (Wildman–Crippen MR) is 223 cm³/mol. The van der Waals surface area contributed by atoms with Crippen molar-refractivity contribution >= 4 is 79.8 Å². The topological polar surface area (TPSA) is 211 Å². The summed E-state index contributed by atoms with van der Waals surface area (Å²) in [5.41, 5.74) is 5.28. The summed E-state index contributed by atoms with van der Waals surface area (Å²) in [7, 11) is 2.62. The number of aromatic nitrogens is 3. The van der Waals surface area contributed by atoms with Gasteiger partial charge in [0, 0.05) is 17.4 Å². The number of carbonyl (C=O) groups excluding carboxylic acids is 5. The fraction of sp³-hybridized carbons (Fsp3) is 0.611. The number of carbonyl (C=O) groups is 5. The standard InChI is InChI=1S/C12H18N2O4S.C11H16N2O3S.C7H10N2O2S.2C2H6.2CH4/c1-6-7-8(9(15)17-5)13-10(19-7)14-11(16)18-12(2,3)4;1-5-8-7(6-14)12-9(17-8)13-10(15)16-11(2,3)4;1-3-4-5(6(10)11-2)9-7(8)12-4;2*1-2;;/h6H2,1-5H3,(H,13,14,16);6H,5H2,1-4H3,(H,12,13,15);3H2,1-2H3,(H2,8,9);2*1-2H3;2*1H4/i;;;2*1D;;. The molecule has 3 aromatic rings. The van der Waals surface area contributed by atoms with Gasteiger partial charge in [0.1, 0.15) is 16.9 Å². The van der Waals surface area contributed by atoms with Crippen molar-refractivity contribution in [2.24, 2.45) is 0 Å². The number of hydrogen-bond donors (Lipinski definition) is 3. The molecule has 0 aliphatic heterocycles. The van der Waals surface area contributed by atoms with Crippen molar-refractivity contribution in [3.8, 4) is 0 Å². The molecule has 3 aromatic heterocycles. The molecule has 18 heteroatoms. The molecule has 0 spiro atoms. The highest BCUT2D eigenvalue weighted by Crippen LogP contribution is 2.25. The number of aldehydes is 1. The number of thiazole rings is 3. The van der Waals surface area contributed by atoms with E-state index in [1.54, 1.807) is 55.4 Å². The first-order chi connectivity index (χ1) is 25.1. The molecule has 0 aliphatic carbocycles. The number of rotatable bonds is 8. The predicted octanol–water partition coefficient (Wildman–Crippen LogP) is 10.1. The van der Waals surface area contributed by atoms with Crippen LogP contribution in [0.25, 0.3) is 0 Å². The SMILES string of the molecule is C.C.CCc1sc(N)nc1C(=O)OC.CCc1sc(NC(=O)OC(C)(C)C)nc1C(=O)OC.CCc1sc(NC(=O)OC(C)(C)C)nc1C=O.[2H]CC.[2H]CC. The highest BCUT2D eigenvalue weighted by Gasteiger charge is 2.22. The summed E-state index contributed by atoms with van der Waals surface area (Å²) in [4.78, 5) is 70.8. The zero-order valence-electron chi connectivity index (χ0n) is 34.4. The minimum atomic E-state index is -0.597. The fourth-order valence-corrected chi connectivity index (χ4v) is 5.80. The second-order valence-corrected chi connectivity index (χ2v) is 14.6. The van der Waals surface area contributed by atoms with Crippen LogP contribution in [0.2, 0.25) is 0 Å². The molecule has 0 fully saturated rings. The number of anilines is 3. The maximum Gasteiger partial charge on any atom is 0.413 e. The Morgan fingerprint density at radius 3 is 1.39 bits per heavy atom. The fourth-order valence-electron chi connectivity index (χ4n) is 3.31. The first-order valence-electron chi connectivity index (χ1n) is 17.5. The van der Waals surface area contributed by atoms with Crippen molar-refractivity contribution in [3.05, 3.63) is 31.7 Å². The highest BCUT2D eigenvalue weighted by molar-refractivity contribution is 7.16. The van der Waals surface area contributed by atoms with Crippen LogP contribution < -0.4 is 16.4 Å². The van der Waals surface area contributed by atoms with E-state index < -0.39 is 35.3 Å². The van der Waals surface area contributed by atoms with Crippen LogP contribution in [0.3, 0.4) is 0 Å². The number of hydrogen-bond acceptors (Lipinski definition) is 16. The summed E-state index contributed by atoms with van der Waals surface area (Å²) in [6.45, 7) is 21.0. The summed E-state index contributed by atoms with van der Waals surface area (Å²) in [6, 6.07) is 0. The van der Waals surface area contributed by atoms with Crippen molar-refractivity contribution in [1.29, 1.82) is 0 Å². The van der Waals surface area contributed by atoms with Crippen LogP contribution in [0.1, 0.15) is 154 Å². The molecule has 3 heterocycles. The lowest BCUT2D eigenvalue weighted by molar-refractivity contribution is 0.0585. The number of amides is 2. The molecule has 2 amide bonds. The van der Waals surface area contributed by atoms with E-state index in [9.17, 15) is 24.0 Å². The number of nitrogens with zero attached hydrogens (tertiary/aromatic N) is 3. The van der Waals surface area contributed by atoms with Crippen LogP contribution in [0.4, 0.5) is 25.0 Å². The van der Waals surface area contributed by atoms with Gasteiger partial charge in [-0.2, -0.15) is 0 Å². The third-order valence-corrected chi connectivity index (χ3v) is 8.46. The quantitative estimate of drug-likeness (QED) is 0.110. The van der Waals surface area contributed by atoms with E-state index >= 15 is 0 Å². The van der Waals surface area contributed by atoms with Crippen molar-refractivity contribution in [3.63, 3.8) is 0 Å². The van der Waals surface area contributed by atoms with Crippen molar-refractivity contribution in [1.82, 2.24) is 15.0 Å². The Bertz CT molecular complexity index is 1600. The summed E-state index contributed by atoms with van der Waals surface area (Å²) in [6.07, 6.45) is 1.63. The molecule has 0 saturated heterocycles. The lowest BCUT2D eigenvalue weighted by Gasteiger charge is -2.18. The molecule has 0 saturated carbocycles. The second kappa shape index (κ2) is 28.3. The van der Waals surface area contributed by atoms with Crippen LogP contribution in [-0.2, 0) is 38.2 Å². The van der Waals surface area contributed by atoms with E-state index in [-0.39, 0.29) is 20.5 Å². The monoisotopic (exact) mass is 822 g/mol. The van der Waals surface area contributed by atoms with Crippen LogP contribution in [-0.4, -0.2) is 70.8 Å². The molecule has 0 bridgehead atoms. The number of esters is 2. The zero-order valence-corrected chi connectivity index (χ0v) is 34.9. The number of methoxy groups -OCH3 is 2. The molecule has 4 N–H and O–H groups in total. The number of ether oxygens (including phenoxy) is 4. The maximum absolute atomic E-state index is 11.6. The number of nitrogens with one attached hydrogen (secondary N) is 2. The van der Waals surface area contributed by atoms with Gasteiger partial charge in [-0.25, -0.2) is 34.1 Å². The van der Waals surface area contributed by atoms with Crippen molar-refractivity contribution < 1.29 is 45.7 Å². The smallest absolute Gasteiger partial charge is 0.413 e. The summed E-state index contributed by atoms with van der Waals surface area (Å²) >= 11 is 3.84. The van der Waals surface area contributed by atoms with Crippen molar-refractivity contribution in [2.75, 3.05) is 30.6 Å². The van der Waals surface area contributed by atoms with Crippen LogP contribution in [0.15, 0.2) is 0 Å². The minimum Gasteiger partial charge on any atom is -0.464 e. The first-order valence-corrected chi connectivity index (χ1v) is 18.5. The molecule has 0 atom stereocenters. The Hall–Kier alpha value is -4.16. The molecule has 0 radical (unpaired) electrons. The third kappa shape index (κ3) is 21.5. The van der Waals surface area contributed by atoms with Gasteiger partial charge in [-0.15, -0.1) is 34.0 Å². The van der Waals surface area contributed by atoms with Gasteiger partial charge < -0.3 is 24.7 Å². The van der Waals surface area contributed by atoms with E-state index in [2.05, 4.69) is 35.1 Å². The number of nitrogen functional groups attached to an aromatic ring is 1. The molecule has 0 aliphatic rings. The Balaban J connectivity index is -0.000000337. The summed E-state index contributed by atoms with van der Waals surface area (Å²) < 4.78 is 31.8. The van der Waals surface area contributed by atoms with Gasteiger partial charge in [0.2, 0.25) is 0 Å². The maximum atomic E-state index is 11.6. The Kier molecular flexibility index (Phi) is 27.2. The molecule has 15 nitrogen and oxygen atoms in total. The number of nitrogens with two attached hydrogens (primary N) is 1. The van der Waals surface area contributed by atoms with E-state index in [4.69, 9.17) is 17.9 Å². The second-order valence-electron chi connectivity index (χ2n) is 11.4. The Morgan fingerprint density at radius 2 is 1.06 bits per heavy atom. The molecule has 3 rings (SSSR count). The van der Waals surface area contributed by atoms with Crippen LogP contribution in [0.5, 0.6) is 0 Å². The highest BCUT2D eigenvalue weighted by atomic mass is 32.1. The molecular weight excluding hydrogens is 757 g/mol. The normalized spacial score (nSPS) is 10.2. The third-order valence-electron chi connectivity index (χ3n) is 5.19. The van der Waals surface area contributed by atoms with E-state index in [0.29, 0.717) is 59.7 Å². The molecular formula is C36H64N6O9S3. The van der Waals surface area contributed by atoms with E-state index in [1.807, 2.05) is 20.8 Å². The van der Waals surface area contributed by atoms with Gasteiger partial charge in [0.05, 0.1) is 14.2 Å². The Labute approximate surface area is 337 Å². The molecule has 0 unspecified atom stereocenters. The van der Waals surface area contributed by atoms with Gasteiger partial charge >= 0.3 is 24.1 Å². The van der Waals surface area contributed by atoms with Gasteiger partial charge in [0.15, 0.2) is 33.1 Å². The molecule has 0 aromatic carbocycles. The van der Waals surface area contributed by atoms with Gasteiger partial charge in [-0.3, -0.25) is 15.4 Å². The molecule has 310 valence electrons. The van der Waals surface area contributed by atoms with Crippen LogP contribution >= 0.6 is 34.0 Å². The van der Waals surface area contributed by atoms with Gasteiger partial charge in [-0.05, 0) is 60.8 Å². The average Bonchev–Trinajstić information content (AvgIpc) is 3.79. The first kappa shape index (κ1) is 51.9. The van der Waals surface area contributed by atoms with Crippen molar-refractivity contribution in [2.45, 2.75) is 135 Å².